The normalized spacial score (nSPS) is 13.4. The Morgan fingerprint density at radius 3 is 2.14 bits per heavy atom. The van der Waals surface area contributed by atoms with Crippen molar-refractivity contribution >= 4 is 51.2 Å². The van der Waals surface area contributed by atoms with Crippen LogP contribution in [-0.4, -0.2) is 48.1 Å². The lowest BCUT2D eigenvalue weighted by Gasteiger charge is -2.39. The predicted molar refractivity (Wildman–Crippen MR) is 161 cm³/mol. The van der Waals surface area contributed by atoms with Gasteiger partial charge in [-0.2, -0.15) is 0 Å². The van der Waals surface area contributed by atoms with Crippen molar-refractivity contribution in [2.24, 2.45) is 11.7 Å². The number of rotatable bonds is 13. The van der Waals surface area contributed by atoms with Crippen LogP contribution in [0.1, 0.15) is 23.1 Å². The lowest BCUT2D eigenvalue weighted by atomic mass is 9.78. The van der Waals surface area contributed by atoms with Crippen molar-refractivity contribution in [2.75, 3.05) is 31.2 Å². The van der Waals surface area contributed by atoms with Crippen molar-refractivity contribution < 1.29 is 18.3 Å². The Labute approximate surface area is 245 Å². The second-order valence-electron chi connectivity index (χ2n) is 9.13. The first-order valence-corrected chi connectivity index (χ1v) is 14.8. The molecule has 0 heterocycles. The number of hydrogen-bond acceptors (Lipinski definition) is 4. The Morgan fingerprint density at radius 2 is 1.59 bits per heavy atom. The molecule has 0 saturated heterocycles. The highest BCUT2D eigenvalue weighted by Crippen LogP contribution is 2.47. The van der Waals surface area contributed by atoms with Crippen LogP contribution >= 0.6 is 45.2 Å². The summed E-state index contributed by atoms with van der Waals surface area (Å²) in [5.74, 6) is -1.04. The molecule has 2 N–H and O–H groups in total. The zero-order valence-corrected chi connectivity index (χ0v) is 25.1. The van der Waals surface area contributed by atoms with E-state index < -0.39 is 15.4 Å². The topological polar surface area (TPSA) is 55.6 Å². The Kier molecular flexibility index (Phi) is 11.7. The lowest BCUT2D eigenvalue weighted by molar-refractivity contribution is -0.145. The van der Waals surface area contributed by atoms with Gasteiger partial charge < -0.3 is 15.4 Å². The van der Waals surface area contributed by atoms with Gasteiger partial charge in [-0.15, -0.1) is 0 Å². The molecule has 0 amide bonds. The van der Waals surface area contributed by atoms with Crippen LogP contribution < -0.4 is 5.73 Å². The van der Waals surface area contributed by atoms with Gasteiger partial charge in [-0.05, 0) is 71.2 Å². The highest BCUT2D eigenvalue weighted by Gasteiger charge is 2.40. The number of ether oxygens (including phenoxy) is 1. The standard InChI is InChI=1S/C29H32F2I2N2O2/c1-35(15-16-37-28(36)27(34)17-21-7-3-2-4-8-21)20-24(13-14-32)29(33,22-9-5-11-25(30)18-22)23-10-6-12-26(31)19-23/h2-12,18-19,24,27H,13-17,20,34H2,1H3/t24?,27-/m0/s1. The Hall–Kier alpha value is -1.63. The minimum atomic E-state index is -0.720. The van der Waals surface area contributed by atoms with Gasteiger partial charge >= 0.3 is 5.97 Å². The van der Waals surface area contributed by atoms with Crippen molar-refractivity contribution in [3.05, 3.63) is 107 Å². The van der Waals surface area contributed by atoms with E-state index in [-0.39, 0.29) is 24.2 Å². The summed E-state index contributed by atoms with van der Waals surface area (Å²) in [6.07, 6.45) is 1.26. The molecule has 3 aromatic rings. The highest BCUT2D eigenvalue weighted by atomic mass is 127. The van der Waals surface area contributed by atoms with E-state index in [1.807, 2.05) is 49.5 Å². The summed E-state index contributed by atoms with van der Waals surface area (Å²) in [7, 11) is 1.96. The summed E-state index contributed by atoms with van der Waals surface area (Å²) in [4.78, 5) is 14.5. The van der Waals surface area contributed by atoms with Gasteiger partial charge in [0.25, 0.3) is 0 Å². The number of halogens is 4. The Bertz CT molecular complexity index is 1100. The molecule has 0 fully saturated rings. The molecule has 3 rings (SSSR count). The largest absolute Gasteiger partial charge is 0.463 e. The number of nitrogens with two attached hydrogens (primary N) is 1. The molecule has 0 bridgehead atoms. The maximum atomic E-state index is 14.3. The van der Waals surface area contributed by atoms with E-state index in [1.54, 1.807) is 12.1 Å². The summed E-state index contributed by atoms with van der Waals surface area (Å²) < 4.78 is 34.3. The van der Waals surface area contributed by atoms with Gasteiger partial charge in [0.15, 0.2) is 0 Å². The first-order chi connectivity index (χ1) is 17.7. The number of hydrogen-bond donors (Lipinski definition) is 1. The minimum absolute atomic E-state index is 0.0367. The van der Waals surface area contributed by atoms with E-state index in [4.69, 9.17) is 10.5 Å². The van der Waals surface area contributed by atoms with Gasteiger partial charge in [-0.3, -0.25) is 4.79 Å². The van der Waals surface area contributed by atoms with Crippen LogP contribution in [0.5, 0.6) is 0 Å². The summed E-state index contributed by atoms with van der Waals surface area (Å²) in [5.41, 5.74) is 8.61. The summed E-state index contributed by atoms with van der Waals surface area (Å²) in [6.45, 7) is 1.37. The molecule has 0 saturated carbocycles. The monoisotopic (exact) mass is 732 g/mol. The molecule has 0 spiro atoms. The molecular weight excluding hydrogens is 700 g/mol. The van der Waals surface area contributed by atoms with Crippen LogP contribution in [0, 0.1) is 17.6 Å². The Morgan fingerprint density at radius 1 is 1.00 bits per heavy atom. The molecule has 0 aliphatic rings. The van der Waals surface area contributed by atoms with Crippen molar-refractivity contribution in [1.29, 1.82) is 0 Å². The van der Waals surface area contributed by atoms with Gasteiger partial charge in [-0.1, -0.05) is 99.8 Å². The van der Waals surface area contributed by atoms with E-state index >= 15 is 0 Å². The van der Waals surface area contributed by atoms with Crippen LogP contribution in [0.2, 0.25) is 0 Å². The number of alkyl halides is 2. The second kappa shape index (κ2) is 14.5. The van der Waals surface area contributed by atoms with Gasteiger partial charge in [0.05, 0.1) is 3.42 Å². The number of benzene rings is 3. The van der Waals surface area contributed by atoms with Crippen LogP contribution in [-0.2, 0) is 19.4 Å². The van der Waals surface area contributed by atoms with E-state index in [0.29, 0.717) is 19.5 Å². The minimum Gasteiger partial charge on any atom is -0.463 e. The molecule has 3 aromatic carbocycles. The summed E-state index contributed by atoms with van der Waals surface area (Å²) in [6, 6.07) is 22.0. The van der Waals surface area contributed by atoms with Crippen LogP contribution in [0.4, 0.5) is 8.78 Å². The van der Waals surface area contributed by atoms with Crippen molar-refractivity contribution in [1.82, 2.24) is 4.90 Å². The van der Waals surface area contributed by atoms with Crippen LogP contribution in [0.3, 0.4) is 0 Å². The molecule has 198 valence electrons. The molecule has 2 atom stereocenters. The third-order valence-corrected chi connectivity index (χ3v) is 9.11. The molecular formula is C29H32F2I2N2O2. The second-order valence-corrected chi connectivity index (χ2v) is 11.9. The third-order valence-electron chi connectivity index (χ3n) is 6.36. The summed E-state index contributed by atoms with van der Waals surface area (Å²) >= 11 is 4.70. The zero-order valence-electron chi connectivity index (χ0n) is 20.8. The molecule has 0 radical (unpaired) electrons. The third kappa shape index (κ3) is 8.43. The van der Waals surface area contributed by atoms with Crippen LogP contribution in [0.15, 0.2) is 78.9 Å². The fourth-order valence-corrected chi connectivity index (χ4v) is 6.37. The Balaban J connectivity index is 1.70. The molecule has 8 heteroatoms. The zero-order chi connectivity index (χ0) is 26.8. The van der Waals surface area contributed by atoms with Crippen molar-refractivity contribution in [2.45, 2.75) is 22.3 Å². The van der Waals surface area contributed by atoms with Gasteiger partial charge in [0, 0.05) is 13.1 Å². The number of carbonyl (C=O) groups excluding carboxylic acids is 1. The maximum absolute atomic E-state index is 14.3. The number of esters is 1. The fourth-order valence-electron chi connectivity index (χ4n) is 4.44. The molecule has 1 unspecified atom stereocenters. The molecule has 0 aromatic heterocycles. The number of carbonyl (C=O) groups is 1. The van der Waals surface area contributed by atoms with Gasteiger partial charge in [0.1, 0.15) is 24.3 Å². The SMILES string of the molecule is CN(CCOC(=O)[C@@H](N)Cc1ccccc1)CC(CCI)C(I)(c1cccc(F)c1)c1cccc(F)c1. The summed E-state index contributed by atoms with van der Waals surface area (Å²) in [5, 5.41) is 0. The molecule has 0 aliphatic carbocycles. The number of likely N-dealkylation sites (N-methyl/N-ethyl adjacent to an activating group) is 1. The number of nitrogens with zero attached hydrogens (tertiary/aromatic N) is 1. The lowest BCUT2D eigenvalue weighted by Crippen LogP contribution is -2.40. The first kappa shape index (κ1) is 29.9. The molecule has 37 heavy (non-hydrogen) atoms. The quantitative estimate of drug-likeness (QED) is 0.131. The molecule has 4 nitrogen and oxygen atoms in total. The smallest absolute Gasteiger partial charge is 0.323 e. The van der Waals surface area contributed by atoms with E-state index in [9.17, 15) is 13.6 Å². The van der Waals surface area contributed by atoms with E-state index in [1.165, 1.54) is 24.3 Å². The van der Waals surface area contributed by atoms with Crippen molar-refractivity contribution in [3.63, 3.8) is 0 Å². The van der Waals surface area contributed by atoms with Gasteiger partial charge in [0.2, 0.25) is 0 Å². The van der Waals surface area contributed by atoms with E-state index in [0.717, 1.165) is 27.5 Å². The first-order valence-electron chi connectivity index (χ1n) is 12.2. The average molecular weight is 732 g/mol. The fraction of sp³-hybridized carbons (Fsp3) is 0.345. The molecule has 0 aliphatic heterocycles. The van der Waals surface area contributed by atoms with Crippen LogP contribution in [0.25, 0.3) is 0 Å². The predicted octanol–water partition coefficient (Wildman–Crippen LogP) is 6.13. The van der Waals surface area contributed by atoms with Gasteiger partial charge in [-0.25, -0.2) is 8.78 Å². The van der Waals surface area contributed by atoms with Crippen molar-refractivity contribution in [3.8, 4) is 0 Å². The van der Waals surface area contributed by atoms with E-state index in [2.05, 4.69) is 50.1 Å². The average Bonchev–Trinajstić information content (AvgIpc) is 2.88. The maximum Gasteiger partial charge on any atom is 0.323 e. The highest BCUT2D eigenvalue weighted by molar-refractivity contribution is 14.1.